The number of halogens is 1. The summed E-state index contributed by atoms with van der Waals surface area (Å²) in [7, 11) is 0. The summed E-state index contributed by atoms with van der Waals surface area (Å²) in [5.41, 5.74) is 1.05. The van der Waals surface area contributed by atoms with Gasteiger partial charge in [-0.15, -0.1) is 0 Å². The first-order valence-electron chi connectivity index (χ1n) is 5.02. The number of rotatable bonds is 5. The molecule has 0 spiro atoms. The highest BCUT2D eigenvalue weighted by Crippen LogP contribution is 2.18. The smallest absolute Gasteiger partial charge is 0.0640 e. The zero-order valence-electron chi connectivity index (χ0n) is 8.86. The lowest BCUT2D eigenvalue weighted by atomic mass is 10.2. The summed E-state index contributed by atoms with van der Waals surface area (Å²) < 4.78 is 1.02. The molecule has 0 aliphatic carbocycles. The van der Waals surface area contributed by atoms with Crippen molar-refractivity contribution < 1.29 is 0 Å². The Morgan fingerprint density at radius 3 is 1.94 bits per heavy atom. The molecule has 16 heavy (non-hydrogen) atoms. The molecule has 1 rings (SSSR count). The minimum atomic E-state index is 0.474. The van der Waals surface area contributed by atoms with Crippen LogP contribution in [0.15, 0.2) is 28.7 Å². The predicted molar refractivity (Wildman–Crippen MR) is 66.8 cm³/mol. The van der Waals surface area contributed by atoms with E-state index in [1.807, 2.05) is 24.3 Å². The highest BCUT2D eigenvalue weighted by molar-refractivity contribution is 9.10. The molecule has 82 valence electrons. The standard InChI is InChI=1S/C12H12BrN3/c13-11-3-5-12(6-4-11)16(9-1-7-14)10-2-8-15/h3-6H,1-2,9-10H2. The van der Waals surface area contributed by atoms with Gasteiger partial charge in [-0.2, -0.15) is 10.5 Å². The number of nitriles is 2. The predicted octanol–water partition coefficient (Wildman–Crippen LogP) is 3.08. The van der Waals surface area contributed by atoms with E-state index in [2.05, 4.69) is 33.0 Å². The topological polar surface area (TPSA) is 50.8 Å². The van der Waals surface area contributed by atoms with Gasteiger partial charge in [-0.25, -0.2) is 0 Å². The molecule has 0 bridgehead atoms. The van der Waals surface area contributed by atoms with Gasteiger partial charge >= 0.3 is 0 Å². The number of nitrogens with zero attached hydrogens (tertiary/aromatic N) is 3. The second kappa shape index (κ2) is 6.87. The third kappa shape index (κ3) is 3.92. The minimum Gasteiger partial charge on any atom is -0.369 e. The first-order chi connectivity index (χ1) is 7.77. The average Bonchev–Trinajstić information content (AvgIpc) is 2.31. The molecule has 0 atom stereocenters. The van der Waals surface area contributed by atoms with Crippen molar-refractivity contribution in [2.24, 2.45) is 0 Å². The van der Waals surface area contributed by atoms with Crippen molar-refractivity contribution >= 4 is 21.6 Å². The van der Waals surface area contributed by atoms with Crippen molar-refractivity contribution in [2.45, 2.75) is 12.8 Å². The van der Waals surface area contributed by atoms with Crippen molar-refractivity contribution in [3.63, 3.8) is 0 Å². The number of benzene rings is 1. The number of hydrogen-bond donors (Lipinski definition) is 0. The normalized spacial score (nSPS) is 9.19. The first-order valence-corrected chi connectivity index (χ1v) is 5.81. The summed E-state index contributed by atoms with van der Waals surface area (Å²) >= 11 is 3.38. The molecule has 1 aromatic rings. The third-order valence-corrected chi connectivity index (χ3v) is 2.71. The lowest BCUT2D eigenvalue weighted by Gasteiger charge is -2.22. The van der Waals surface area contributed by atoms with Crippen LogP contribution >= 0.6 is 15.9 Å². The maximum atomic E-state index is 8.58. The average molecular weight is 278 g/mol. The Balaban J connectivity index is 2.71. The third-order valence-electron chi connectivity index (χ3n) is 2.18. The van der Waals surface area contributed by atoms with Crippen molar-refractivity contribution in [1.29, 1.82) is 10.5 Å². The van der Waals surface area contributed by atoms with Crippen molar-refractivity contribution in [1.82, 2.24) is 0 Å². The largest absolute Gasteiger partial charge is 0.369 e. The van der Waals surface area contributed by atoms with E-state index in [0.717, 1.165) is 10.2 Å². The Hall–Kier alpha value is -1.52. The molecular weight excluding hydrogens is 266 g/mol. The van der Waals surface area contributed by atoms with E-state index >= 15 is 0 Å². The quantitative estimate of drug-likeness (QED) is 0.831. The molecule has 0 saturated heterocycles. The van der Waals surface area contributed by atoms with E-state index in [9.17, 15) is 0 Å². The van der Waals surface area contributed by atoms with Gasteiger partial charge in [0.2, 0.25) is 0 Å². The molecule has 3 nitrogen and oxygen atoms in total. The van der Waals surface area contributed by atoms with Crippen LogP contribution in [0.1, 0.15) is 12.8 Å². The molecule has 4 heteroatoms. The van der Waals surface area contributed by atoms with Crippen LogP contribution in [0.2, 0.25) is 0 Å². The zero-order chi connectivity index (χ0) is 11.8. The molecule has 0 aliphatic rings. The van der Waals surface area contributed by atoms with Crippen LogP contribution in [-0.2, 0) is 0 Å². The van der Waals surface area contributed by atoms with E-state index in [0.29, 0.717) is 25.9 Å². The molecule has 0 amide bonds. The highest BCUT2D eigenvalue weighted by Gasteiger charge is 2.05. The SMILES string of the molecule is N#CCCN(CCC#N)c1ccc(Br)cc1. The van der Waals surface area contributed by atoms with Gasteiger partial charge in [0.15, 0.2) is 0 Å². The molecule has 0 aliphatic heterocycles. The molecule has 0 radical (unpaired) electrons. The Bertz CT molecular complexity index is 382. The fraction of sp³-hybridized carbons (Fsp3) is 0.333. The van der Waals surface area contributed by atoms with E-state index in [-0.39, 0.29) is 0 Å². The second-order valence-corrected chi connectivity index (χ2v) is 4.20. The molecule has 0 unspecified atom stereocenters. The van der Waals surface area contributed by atoms with Gasteiger partial charge in [0.25, 0.3) is 0 Å². The summed E-state index contributed by atoms with van der Waals surface area (Å²) in [5.74, 6) is 0. The van der Waals surface area contributed by atoms with Gasteiger partial charge in [-0.1, -0.05) is 15.9 Å². The Morgan fingerprint density at radius 2 is 1.50 bits per heavy atom. The van der Waals surface area contributed by atoms with Crippen LogP contribution in [0.3, 0.4) is 0 Å². The second-order valence-electron chi connectivity index (χ2n) is 3.28. The lowest BCUT2D eigenvalue weighted by molar-refractivity contribution is 0.796. The maximum Gasteiger partial charge on any atom is 0.0640 e. The summed E-state index contributed by atoms with van der Waals surface area (Å²) in [6, 6.07) is 12.1. The van der Waals surface area contributed by atoms with Crippen molar-refractivity contribution in [3.8, 4) is 12.1 Å². The molecular formula is C12H12BrN3. The summed E-state index contributed by atoms with van der Waals surface area (Å²) in [6.07, 6.45) is 0.947. The number of hydrogen-bond acceptors (Lipinski definition) is 3. The lowest BCUT2D eigenvalue weighted by Crippen LogP contribution is -2.25. The monoisotopic (exact) mass is 277 g/mol. The van der Waals surface area contributed by atoms with Crippen LogP contribution in [0.5, 0.6) is 0 Å². The molecule has 0 aromatic heterocycles. The van der Waals surface area contributed by atoms with Crippen LogP contribution in [-0.4, -0.2) is 13.1 Å². The van der Waals surface area contributed by atoms with E-state index in [1.54, 1.807) is 0 Å². The van der Waals surface area contributed by atoms with Gasteiger partial charge in [0.1, 0.15) is 0 Å². The molecule has 1 aromatic carbocycles. The molecule has 0 fully saturated rings. The zero-order valence-corrected chi connectivity index (χ0v) is 10.4. The molecule has 0 saturated carbocycles. The van der Waals surface area contributed by atoms with Gasteiger partial charge in [0.05, 0.1) is 25.0 Å². The van der Waals surface area contributed by atoms with E-state index in [4.69, 9.17) is 10.5 Å². The Morgan fingerprint density at radius 1 is 1.00 bits per heavy atom. The summed E-state index contributed by atoms with van der Waals surface area (Å²) in [4.78, 5) is 2.05. The van der Waals surface area contributed by atoms with E-state index in [1.165, 1.54) is 0 Å². The summed E-state index contributed by atoms with van der Waals surface area (Å²) in [5, 5.41) is 17.2. The van der Waals surface area contributed by atoms with Crippen LogP contribution < -0.4 is 4.90 Å². The van der Waals surface area contributed by atoms with Crippen LogP contribution in [0, 0.1) is 22.7 Å². The molecule has 0 heterocycles. The Labute approximate surface area is 104 Å². The minimum absolute atomic E-state index is 0.474. The van der Waals surface area contributed by atoms with Crippen LogP contribution in [0.4, 0.5) is 5.69 Å². The van der Waals surface area contributed by atoms with Gasteiger partial charge in [-0.3, -0.25) is 0 Å². The number of anilines is 1. The van der Waals surface area contributed by atoms with Gasteiger partial charge in [0, 0.05) is 23.2 Å². The van der Waals surface area contributed by atoms with Gasteiger partial charge < -0.3 is 4.90 Å². The highest BCUT2D eigenvalue weighted by atomic mass is 79.9. The molecule has 0 N–H and O–H groups in total. The summed E-state index contributed by atoms with van der Waals surface area (Å²) in [6.45, 7) is 1.33. The van der Waals surface area contributed by atoms with E-state index < -0.39 is 0 Å². The fourth-order valence-corrected chi connectivity index (χ4v) is 1.66. The fourth-order valence-electron chi connectivity index (χ4n) is 1.39. The van der Waals surface area contributed by atoms with Crippen molar-refractivity contribution in [3.05, 3.63) is 28.7 Å². The first kappa shape index (κ1) is 12.5. The van der Waals surface area contributed by atoms with Gasteiger partial charge in [-0.05, 0) is 24.3 Å². The van der Waals surface area contributed by atoms with Crippen molar-refractivity contribution in [2.75, 3.05) is 18.0 Å². The maximum absolute atomic E-state index is 8.58. The van der Waals surface area contributed by atoms with Crippen LogP contribution in [0.25, 0.3) is 0 Å². The Kier molecular flexibility index (Phi) is 5.39.